The van der Waals surface area contributed by atoms with Crippen LogP contribution in [0.5, 0.6) is 0 Å². The first-order valence-corrected chi connectivity index (χ1v) is 8.63. The van der Waals surface area contributed by atoms with Gasteiger partial charge in [-0.1, -0.05) is 0 Å². The molecule has 1 aromatic carbocycles. The molecular formula is C18H15N5OS. The number of carbonyl (C=O) groups excluding carboxylic acids is 1. The Bertz CT molecular complexity index is 956. The van der Waals surface area contributed by atoms with Crippen molar-refractivity contribution in [1.29, 1.82) is 0 Å². The minimum Gasteiger partial charge on any atom is -0.326 e. The van der Waals surface area contributed by atoms with E-state index < -0.39 is 0 Å². The van der Waals surface area contributed by atoms with Crippen LogP contribution in [0.1, 0.15) is 5.69 Å². The lowest BCUT2D eigenvalue weighted by molar-refractivity contribution is -0.115. The van der Waals surface area contributed by atoms with Gasteiger partial charge in [0.1, 0.15) is 0 Å². The van der Waals surface area contributed by atoms with Crippen molar-refractivity contribution in [2.75, 3.05) is 5.32 Å². The number of thiazole rings is 1. The molecule has 0 bridgehead atoms. The van der Waals surface area contributed by atoms with E-state index in [9.17, 15) is 4.79 Å². The molecule has 0 aliphatic heterocycles. The van der Waals surface area contributed by atoms with Crippen LogP contribution in [0.25, 0.3) is 10.8 Å². The maximum absolute atomic E-state index is 12.2. The molecular weight excluding hydrogens is 334 g/mol. The Morgan fingerprint density at radius 3 is 2.60 bits per heavy atom. The largest absolute Gasteiger partial charge is 0.326 e. The smallest absolute Gasteiger partial charge is 0.230 e. The zero-order valence-electron chi connectivity index (χ0n) is 13.2. The van der Waals surface area contributed by atoms with Gasteiger partial charge < -0.3 is 9.88 Å². The maximum Gasteiger partial charge on any atom is 0.230 e. The first-order chi connectivity index (χ1) is 12.3. The van der Waals surface area contributed by atoms with E-state index in [1.165, 1.54) is 11.3 Å². The molecule has 0 spiro atoms. The van der Waals surface area contributed by atoms with Crippen molar-refractivity contribution in [3.05, 3.63) is 78.3 Å². The summed E-state index contributed by atoms with van der Waals surface area (Å²) in [6, 6.07) is 13.3. The molecule has 4 rings (SSSR count). The third-order valence-corrected chi connectivity index (χ3v) is 4.53. The van der Waals surface area contributed by atoms with Gasteiger partial charge in [0, 0.05) is 35.9 Å². The highest BCUT2D eigenvalue weighted by atomic mass is 32.1. The number of nitrogens with one attached hydrogen (secondary N) is 1. The molecule has 25 heavy (non-hydrogen) atoms. The molecule has 124 valence electrons. The molecule has 0 radical (unpaired) electrons. The van der Waals surface area contributed by atoms with Gasteiger partial charge in [0.2, 0.25) is 5.91 Å². The van der Waals surface area contributed by atoms with Gasteiger partial charge in [0.25, 0.3) is 0 Å². The van der Waals surface area contributed by atoms with E-state index >= 15 is 0 Å². The molecule has 0 fully saturated rings. The van der Waals surface area contributed by atoms with Crippen molar-refractivity contribution in [1.82, 2.24) is 19.3 Å². The molecule has 1 N–H and O–H groups in total. The maximum atomic E-state index is 12.2. The molecule has 6 nitrogen and oxygen atoms in total. The van der Waals surface area contributed by atoms with E-state index in [-0.39, 0.29) is 12.3 Å². The zero-order chi connectivity index (χ0) is 17.1. The number of amides is 1. The highest BCUT2D eigenvalue weighted by Gasteiger charge is 2.09. The fourth-order valence-electron chi connectivity index (χ4n) is 2.45. The third-order valence-electron chi connectivity index (χ3n) is 3.63. The summed E-state index contributed by atoms with van der Waals surface area (Å²) in [5.41, 5.74) is 2.46. The number of nitrogens with zero attached hydrogens (tertiary/aromatic N) is 4. The number of carbonyl (C=O) groups is 1. The van der Waals surface area contributed by atoms with Crippen molar-refractivity contribution in [3.8, 4) is 10.8 Å². The first-order valence-electron chi connectivity index (χ1n) is 7.75. The molecule has 3 heterocycles. The first kappa shape index (κ1) is 15.3. The predicted molar refractivity (Wildman–Crippen MR) is 97.3 cm³/mol. The van der Waals surface area contributed by atoms with Crippen molar-refractivity contribution in [2.24, 2.45) is 0 Å². The lowest BCUT2D eigenvalue weighted by Crippen LogP contribution is -2.14. The van der Waals surface area contributed by atoms with Crippen LogP contribution < -0.4 is 5.32 Å². The van der Waals surface area contributed by atoms with Gasteiger partial charge in [0.05, 0.1) is 17.8 Å². The van der Waals surface area contributed by atoms with E-state index in [0.29, 0.717) is 0 Å². The van der Waals surface area contributed by atoms with E-state index in [2.05, 4.69) is 15.4 Å². The van der Waals surface area contributed by atoms with Gasteiger partial charge in [-0.25, -0.2) is 9.67 Å². The van der Waals surface area contributed by atoms with E-state index in [1.54, 1.807) is 10.9 Å². The molecule has 0 aliphatic carbocycles. The summed E-state index contributed by atoms with van der Waals surface area (Å²) >= 11 is 1.52. The summed E-state index contributed by atoms with van der Waals surface area (Å²) in [6.07, 6.45) is 7.72. The van der Waals surface area contributed by atoms with Gasteiger partial charge >= 0.3 is 0 Å². The highest BCUT2D eigenvalue weighted by Crippen LogP contribution is 2.17. The monoisotopic (exact) mass is 349 g/mol. The Labute approximate surface area is 148 Å². The van der Waals surface area contributed by atoms with Crippen LogP contribution in [0.15, 0.2) is 72.6 Å². The lowest BCUT2D eigenvalue weighted by atomic mass is 10.2. The summed E-state index contributed by atoms with van der Waals surface area (Å²) in [7, 11) is 0. The third kappa shape index (κ3) is 3.51. The van der Waals surface area contributed by atoms with Crippen molar-refractivity contribution in [2.45, 2.75) is 6.42 Å². The quantitative estimate of drug-likeness (QED) is 0.601. The predicted octanol–water partition coefficient (Wildman–Crippen LogP) is 3.30. The van der Waals surface area contributed by atoms with E-state index in [1.807, 2.05) is 71.0 Å². The molecule has 3 aromatic heterocycles. The van der Waals surface area contributed by atoms with Crippen LogP contribution in [0, 0.1) is 0 Å². The summed E-state index contributed by atoms with van der Waals surface area (Å²) in [5.74, 6) is -0.0869. The Kier molecular flexibility index (Phi) is 4.14. The van der Waals surface area contributed by atoms with Crippen LogP contribution in [0.4, 0.5) is 5.69 Å². The number of benzene rings is 1. The van der Waals surface area contributed by atoms with Crippen LogP contribution >= 0.6 is 11.3 Å². The van der Waals surface area contributed by atoms with Gasteiger partial charge in [0.15, 0.2) is 5.13 Å². The minimum atomic E-state index is -0.0869. The van der Waals surface area contributed by atoms with Crippen LogP contribution in [-0.2, 0) is 11.2 Å². The molecule has 0 saturated heterocycles. The van der Waals surface area contributed by atoms with Gasteiger partial charge in [-0.3, -0.25) is 4.79 Å². The lowest BCUT2D eigenvalue weighted by Gasteiger charge is -2.06. The SMILES string of the molecule is O=C(Cc1csc(-n2cccc2)n1)Nc1ccc(-n2cccn2)cc1. The van der Waals surface area contributed by atoms with Gasteiger partial charge in [-0.15, -0.1) is 11.3 Å². The normalized spacial score (nSPS) is 10.7. The highest BCUT2D eigenvalue weighted by molar-refractivity contribution is 7.12. The summed E-state index contributed by atoms with van der Waals surface area (Å²) in [6.45, 7) is 0. The molecule has 0 aliphatic rings. The topological polar surface area (TPSA) is 64.7 Å². The molecule has 1 amide bonds. The fraction of sp³-hybridized carbons (Fsp3) is 0.0556. The number of aromatic nitrogens is 4. The van der Waals surface area contributed by atoms with E-state index in [4.69, 9.17) is 0 Å². The van der Waals surface area contributed by atoms with Gasteiger partial charge in [-0.2, -0.15) is 5.10 Å². The summed E-state index contributed by atoms with van der Waals surface area (Å²) < 4.78 is 3.70. The molecule has 4 aromatic rings. The number of rotatable bonds is 5. The average molecular weight is 349 g/mol. The van der Waals surface area contributed by atoms with Crippen molar-refractivity contribution >= 4 is 22.9 Å². The second kappa shape index (κ2) is 6.74. The Morgan fingerprint density at radius 2 is 1.88 bits per heavy atom. The Balaban J connectivity index is 1.39. The minimum absolute atomic E-state index is 0.0869. The van der Waals surface area contributed by atoms with Crippen LogP contribution in [-0.4, -0.2) is 25.2 Å². The molecule has 7 heteroatoms. The molecule has 0 atom stereocenters. The van der Waals surface area contributed by atoms with E-state index in [0.717, 1.165) is 22.2 Å². The molecule has 0 unspecified atom stereocenters. The summed E-state index contributed by atoms with van der Waals surface area (Å²) in [4.78, 5) is 16.7. The van der Waals surface area contributed by atoms with Crippen LogP contribution in [0.2, 0.25) is 0 Å². The Hall–Kier alpha value is -3.19. The Morgan fingerprint density at radius 1 is 1.08 bits per heavy atom. The van der Waals surface area contributed by atoms with Crippen LogP contribution in [0.3, 0.4) is 0 Å². The standard InChI is InChI=1S/C18H15N5OS/c24-17(12-15-13-25-18(21-15)22-9-1-2-10-22)20-14-4-6-16(7-5-14)23-11-3-8-19-23/h1-11,13H,12H2,(H,20,24). The second-order valence-corrected chi connectivity index (χ2v) is 6.27. The van der Waals surface area contributed by atoms with Gasteiger partial charge in [-0.05, 0) is 42.5 Å². The fourth-order valence-corrected chi connectivity index (χ4v) is 3.24. The number of hydrogen-bond donors (Lipinski definition) is 1. The second-order valence-electron chi connectivity index (χ2n) is 5.43. The van der Waals surface area contributed by atoms with Crippen molar-refractivity contribution < 1.29 is 4.79 Å². The number of hydrogen-bond acceptors (Lipinski definition) is 4. The summed E-state index contributed by atoms with van der Waals surface area (Å²) in [5, 5.41) is 9.84. The zero-order valence-corrected chi connectivity index (χ0v) is 14.1. The number of anilines is 1. The average Bonchev–Trinajstić information content (AvgIpc) is 3.37. The van der Waals surface area contributed by atoms with Crippen molar-refractivity contribution in [3.63, 3.8) is 0 Å². The molecule has 0 saturated carbocycles.